The third-order valence-electron chi connectivity index (χ3n) is 6.08. The predicted octanol–water partition coefficient (Wildman–Crippen LogP) is 3.68. The largest absolute Gasteiger partial charge is 0.463 e. The van der Waals surface area contributed by atoms with Crippen molar-refractivity contribution in [1.29, 1.82) is 0 Å². The molecule has 0 amide bonds. The van der Waals surface area contributed by atoms with Gasteiger partial charge in [-0.05, 0) is 18.9 Å². The molecule has 11 heteroatoms. The zero-order valence-corrected chi connectivity index (χ0v) is 22.2. The molecule has 4 atom stereocenters. The van der Waals surface area contributed by atoms with Crippen LogP contribution in [-0.2, 0) is 23.8 Å². The van der Waals surface area contributed by atoms with Crippen LogP contribution in [0.2, 0.25) is 0 Å². The molecular formula is C25H42ClN3O7. The van der Waals surface area contributed by atoms with Crippen molar-refractivity contribution in [1.82, 2.24) is 9.55 Å². The molecule has 1 aromatic heterocycles. The van der Waals surface area contributed by atoms with Gasteiger partial charge in [-0.25, -0.2) is 4.79 Å². The van der Waals surface area contributed by atoms with E-state index in [-0.39, 0.29) is 43.6 Å². The van der Waals surface area contributed by atoms with Crippen LogP contribution in [0.25, 0.3) is 0 Å². The van der Waals surface area contributed by atoms with Crippen molar-refractivity contribution in [3.63, 3.8) is 0 Å². The third kappa shape index (κ3) is 10.4. The standard InChI is InChI=1S/C25H41N3O7.ClH/c1-3-5-7-9-11-13-20(29)33-17-18-23(35-21(30)14-12-10-8-6-4-2)22(31)24(34-18)28-16-15-19(26)27-25(28)32;/h15-16,18,22-24,31H,3-14,17H2,1-2H3,(H2,26,27,32);1H/t18-,22+,23-,24-;/m1./s1. The first kappa shape index (κ1) is 31.9. The summed E-state index contributed by atoms with van der Waals surface area (Å²) >= 11 is 0. The van der Waals surface area contributed by atoms with Gasteiger partial charge in [-0.3, -0.25) is 14.2 Å². The Labute approximate surface area is 219 Å². The van der Waals surface area contributed by atoms with Crippen LogP contribution < -0.4 is 11.4 Å². The number of anilines is 1. The van der Waals surface area contributed by atoms with Crippen molar-refractivity contribution in [2.75, 3.05) is 12.3 Å². The Morgan fingerprint density at radius 2 is 1.61 bits per heavy atom. The number of hydrogen-bond donors (Lipinski definition) is 2. The topological polar surface area (TPSA) is 143 Å². The van der Waals surface area contributed by atoms with Crippen LogP contribution in [-0.4, -0.2) is 51.5 Å². The monoisotopic (exact) mass is 531 g/mol. The van der Waals surface area contributed by atoms with Crippen molar-refractivity contribution in [2.24, 2.45) is 0 Å². The van der Waals surface area contributed by atoms with E-state index < -0.39 is 36.2 Å². The summed E-state index contributed by atoms with van der Waals surface area (Å²) in [4.78, 5) is 40.6. The van der Waals surface area contributed by atoms with Gasteiger partial charge in [0, 0.05) is 19.0 Å². The lowest BCUT2D eigenvalue weighted by Gasteiger charge is -2.21. The molecule has 206 valence electrons. The Kier molecular flexibility index (Phi) is 15.3. The van der Waals surface area contributed by atoms with Crippen LogP contribution in [0.15, 0.2) is 17.1 Å². The maximum absolute atomic E-state index is 12.4. The lowest BCUT2D eigenvalue weighted by atomic mass is 10.1. The summed E-state index contributed by atoms with van der Waals surface area (Å²) in [5, 5.41) is 10.9. The van der Waals surface area contributed by atoms with Gasteiger partial charge in [-0.2, -0.15) is 4.98 Å². The van der Waals surface area contributed by atoms with Crippen LogP contribution in [0.4, 0.5) is 5.82 Å². The van der Waals surface area contributed by atoms with Crippen LogP contribution in [0.5, 0.6) is 0 Å². The number of hydrogen-bond acceptors (Lipinski definition) is 9. The highest BCUT2D eigenvalue weighted by Gasteiger charge is 2.48. The van der Waals surface area contributed by atoms with Gasteiger partial charge >= 0.3 is 17.6 Å². The molecule has 0 aliphatic carbocycles. The molecule has 0 spiro atoms. The number of ether oxygens (including phenoxy) is 3. The summed E-state index contributed by atoms with van der Waals surface area (Å²) in [6, 6.07) is 1.40. The number of rotatable bonds is 16. The van der Waals surface area contributed by atoms with E-state index in [0.29, 0.717) is 6.42 Å². The van der Waals surface area contributed by atoms with Crippen LogP contribution in [0.3, 0.4) is 0 Å². The van der Waals surface area contributed by atoms with Gasteiger partial charge in [0.15, 0.2) is 12.3 Å². The maximum Gasteiger partial charge on any atom is 0.351 e. The van der Waals surface area contributed by atoms with E-state index in [1.54, 1.807) is 0 Å². The highest BCUT2D eigenvalue weighted by molar-refractivity contribution is 5.85. The number of aromatic nitrogens is 2. The number of carbonyl (C=O) groups excluding carboxylic acids is 2. The van der Waals surface area contributed by atoms with Crippen LogP contribution >= 0.6 is 12.4 Å². The molecule has 0 saturated carbocycles. The zero-order chi connectivity index (χ0) is 25.6. The SMILES string of the molecule is CCCCCCCC(=O)OC[C@H]1O[C@@H](n2ccc(N)nc2=O)[C@@H](O)[C@@H]1OC(=O)CCCCCCC.Cl. The van der Waals surface area contributed by atoms with Gasteiger partial charge in [-0.15, -0.1) is 12.4 Å². The van der Waals surface area contributed by atoms with Crippen molar-refractivity contribution >= 4 is 30.2 Å². The molecule has 1 aliphatic rings. The third-order valence-corrected chi connectivity index (χ3v) is 6.08. The summed E-state index contributed by atoms with van der Waals surface area (Å²) in [5.74, 6) is -0.811. The number of aliphatic hydroxyl groups is 1. The molecule has 0 unspecified atom stereocenters. The van der Waals surface area contributed by atoms with E-state index in [0.717, 1.165) is 62.4 Å². The zero-order valence-electron chi connectivity index (χ0n) is 21.4. The van der Waals surface area contributed by atoms with Crippen molar-refractivity contribution in [3.8, 4) is 0 Å². The van der Waals surface area contributed by atoms with Crippen molar-refractivity contribution in [3.05, 3.63) is 22.7 Å². The maximum atomic E-state index is 12.4. The molecule has 2 heterocycles. The second-order valence-corrected chi connectivity index (χ2v) is 9.06. The number of unbranched alkanes of at least 4 members (excludes halogenated alkanes) is 8. The first-order valence-electron chi connectivity index (χ1n) is 12.9. The Hall–Kier alpha value is -2.17. The highest BCUT2D eigenvalue weighted by atomic mass is 35.5. The molecule has 36 heavy (non-hydrogen) atoms. The minimum Gasteiger partial charge on any atom is -0.463 e. The van der Waals surface area contributed by atoms with Gasteiger partial charge in [0.05, 0.1) is 0 Å². The second kappa shape index (κ2) is 17.3. The minimum atomic E-state index is -1.35. The molecule has 1 aromatic rings. The van der Waals surface area contributed by atoms with E-state index in [9.17, 15) is 19.5 Å². The summed E-state index contributed by atoms with van der Waals surface area (Å²) in [7, 11) is 0. The molecule has 0 radical (unpaired) electrons. The Morgan fingerprint density at radius 3 is 2.19 bits per heavy atom. The minimum absolute atomic E-state index is 0. The van der Waals surface area contributed by atoms with Crippen LogP contribution in [0, 0.1) is 0 Å². The number of halogens is 1. The number of nitrogen functional groups attached to an aromatic ring is 1. The highest BCUT2D eigenvalue weighted by Crippen LogP contribution is 2.31. The van der Waals surface area contributed by atoms with Gasteiger partial charge in [-0.1, -0.05) is 65.2 Å². The molecule has 1 saturated heterocycles. The fourth-order valence-electron chi connectivity index (χ4n) is 4.05. The lowest BCUT2D eigenvalue weighted by molar-refractivity contribution is -0.160. The predicted molar refractivity (Wildman–Crippen MR) is 138 cm³/mol. The first-order valence-corrected chi connectivity index (χ1v) is 12.9. The fraction of sp³-hybridized carbons (Fsp3) is 0.760. The van der Waals surface area contributed by atoms with Gasteiger partial charge in [0.1, 0.15) is 24.6 Å². The van der Waals surface area contributed by atoms with E-state index >= 15 is 0 Å². The van der Waals surface area contributed by atoms with E-state index in [1.807, 2.05) is 0 Å². The second-order valence-electron chi connectivity index (χ2n) is 9.06. The molecule has 1 fully saturated rings. The quantitative estimate of drug-likeness (QED) is 0.241. The molecule has 10 nitrogen and oxygen atoms in total. The number of carbonyl (C=O) groups is 2. The molecule has 1 aliphatic heterocycles. The van der Waals surface area contributed by atoms with Crippen molar-refractivity contribution < 1.29 is 28.9 Å². The van der Waals surface area contributed by atoms with Crippen molar-refractivity contribution in [2.45, 2.75) is 115 Å². The molecule has 2 rings (SSSR count). The van der Waals surface area contributed by atoms with E-state index in [1.165, 1.54) is 12.3 Å². The Morgan fingerprint density at radius 1 is 1.03 bits per heavy atom. The smallest absolute Gasteiger partial charge is 0.351 e. The summed E-state index contributed by atoms with van der Waals surface area (Å²) in [6.07, 6.45) is 7.22. The Bertz CT molecular complexity index is 851. The summed E-state index contributed by atoms with van der Waals surface area (Å²) < 4.78 is 17.8. The van der Waals surface area contributed by atoms with Gasteiger partial charge < -0.3 is 25.1 Å². The average molecular weight is 532 g/mol. The van der Waals surface area contributed by atoms with E-state index in [4.69, 9.17) is 19.9 Å². The van der Waals surface area contributed by atoms with Crippen LogP contribution in [0.1, 0.15) is 97.1 Å². The summed E-state index contributed by atoms with van der Waals surface area (Å²) in [5.41, 5.74) is 4.84. The lowest BCUT2D eigenvalue weighted by Crippen LogP contribution is -2.39. The number of esters is 2. The molecule has 3 N–H and O–H groups in total. The van der Waals surface area contributed by atoms with Gasteiger partial charge in [0.2, 0.25) is 0 Å². The molecule has 0 bridgehead atoms. The number of nitrogens with zero attached hydrogens (tertiary/aromatic N) is 2. The number of nitrogens with two attached hydrogens (primary N) is 1. The average Bonchev–Trinajstić information content (AvgIpc) is 3.12. The van der Waals surface area contributed by atoms with E-state index in [2.05, 4.69) is 18.8 Å². The Balaban J connectivity index is 0.00000648. The summed E-state index contributed by atoms with van der Waals surface area (Å²) in [6.45, 7) is 4.04. The molecule has 0 aromatic carbocycles. The normalized spacial score (nSPS) is 21.1. The first-order chi connectivity index (χ1) is 16.9. The number of aliphatic hydroxyl groups excluding tert-OH is 1. The van der Waals surface area contributed by atoms with Gasteiger partial charge in [0.25, 0.3) is 0 Å². The molecular weight excluding hydrogens is 490 g/mol. The fourth-order valence-corrected chi connectivity index (χ4v) is 4.05.